The van der Waals surface area contributed by atoms with Crippen LogP contribution in [-0.2, 0) is 18.2 Å². The zero-order chi connectivity index (χ0) is 25.0. The molecule has 0 aliphatic carbocycles. The topological polar surface area (TPSA) is 65.7 Å². The molecule has 7 nitrogen and oxygen atoms in total. The van der Waals surface area contributed by atoms with E-state index in [0.717, 1.165) is 58.4 Å². The highest BCUT2D eigenvalue weighted by Crippen LogP contribution is 2.50. The Hall–Kier alpha value is -4.00. The number of benzene rings is 3. The molecule has 2 bridgehead atoms. The largest absolute Gasteiger partial charge is 0.497 e. The first-order chi connectivity index (χ1) is 17.5. The van der Waals surface area contributed by atoms with Gasteiger partial charge in [-0.05, 0) is 73.2 Å². The molecule has 7 heteroatoms. The Morgan fingerprint density at radius 3 is 2.50 bits per heavy atom. The minimum absolute atomic E-state index is 0.0861. The molecular formula is C29H29N3O4. The van der Waals surface area contributed by atoms with E-state index in [1.165, 1.54) is 5.56 Å². The number of nitrogens with zero attached hydrogens (tertiary/aromatic N) is 3. The molecule has 184 valence electrons. The third-order valence-electron chi connectivity index (χ3n) is 7.63. The molecular weight excluding hydrogens is 454 g/mol. The number of aromatic nitrogens is 2. The average Bonchev–Trinajstić information content (AvgIpc) is 3.35. The van der Waals surface area contributed by atoms with Crippen molar-refractivity contribution in [3.05, 3.63) is 82.3 Å². The molecule has 1 amide bonds. The summed E-state index contributed by atoms with van der Waals surface area (Å²) in [5.41, 5.74) is 6.77. The van der Waals surface area contributed by atoms with E-state index in [-0.39, 0.29) is 23.9 Å². The average molecular weight is 484 g/mol. The Bertz CT molecular complexity index is 1520. The molecule has 4 aromatic rings. The van der Waals surface area contributed by atoms with E-state index in [1.807, 2.05) is 61.3 Å². The van der Waals surface area contributed by atoms with Crippen LogP contribution in [0.15, 0.2) is 65.5 Å². The van der Waals surface area contributed by atoms with Crippen LogP contribution < -0.4 is 10.4 Å². The van der Waals surface area contributed by atoms with Gasteiger partial charge >= 0.3 is 11.8 Å². The van der Waals surface area contributed by atoms with Crippen LogP contribution in [0, 0.1) is 0 Å². The summed E-state index contributed by atoms with van der Waals surface area (Å²) in [6.07, 6.45) is 2.31. The van der Waals surface area contributed by atoms with Gasteiger partial charge in [0.1, 0.15) is 5.75 Å². The van der Waals surface area contributed by atoms with Gasteiger partial charge in [0.2, 0.25) is 0 Å². The monoisotopic (exact) mass is 483 g/mol. The number of methoxy groups -OCH3 is 1. The first kappa shape index (κ1) is 22.5. The summed E-state index contributed by atoms with van der Waals surface area (Å²) in [5, 5.41) is 0. The summed E-state index contributed by atoms with van der Waals surface area (Å²) >= 11 is 0. The van der Waals surface area contributed by atoms with Crippen molar-refractivity contribution in [1.29, 1.82) is 0 Å². The van der Waals surface area contributed by atoms with Gasteiger partial charge in [0.05, 0.1) is 36.5 Å². The predicted octanol–water partition coefficient (Wildman–Crippen LogP) is 5.22. The lowest BCUT2D eigenvalue weighted by Crippen LogP contribution is -2.42. The van der Waals surface area contributed by atoms with Crippen LogP contribution in [0.4, 0.5) is 4.79 Å². The van der Waals surface area contributed by atoms with E-state index < -0.39 is 0 Å². The molecule has 0 unspecified atom stereocenters. The first-order valence-corrected chi connectivity index (χ1v) is 12.5. The van der Waals surface area contributed by atoms with Crippen LogP contribution >= 0.6 is 0 Å². The van der Waals surface area contributed by atoms with Crippen molar-refractivity contribution in [2.45, 2.75) is 38.3 Å². The van der Waals surface area contributed by atoms with Crippen LogP contribution in [0.5, 0.6) is 5.75 Å². The second-order valence-corrected chi connectivity index (χ2v) is 9.49. The molecule has 2 aliphatic rings. The van der Waals surface area contributed by atoms with Crippen LogP contribution in [0.2, 0.25) is 0 Å². The normalized spacial score (nSPS) is 18.4. The minimum atomic E-state index is -0.254. The molecule has 1 saturated heterocycles. The summed E-state index contributed by atoms with van der Waals surface area (Å²) in [7, 11) is 3.46. The Morgan fingerprint density at radius 2 is 1.81 bits per heavy atom. The second kappa shape index (κ2) is 8.59. The Kier molecular flexibility index (Phi) is 5.36. The van der Waals surface area contributed by atoms with Crippen LogP contribution in [-0.4, -0.2) is 39.9 Å². The zero-order valence-corrected chi connectivity index (χ0v) is 20.7. The number of carbonyl (C=O) groups excluding carboxylic acids is 1. The predicted molar refractivity (Wildman–Crippen MR) is 139 cm³/mol. The van der Waals surface area contributed by atoms with E-state index >= 15 is 0 Å². The van der Waals surface area contributed by atoms with E-state index in [4.69, 9.17) is 9.47 Å². The summed E-state index contributed by atoms with van der Waals surface area (Å²) in [4.78, 5) is 28.6. The van der Waals surface area contributed by atoms with Crippen molar-refractivity contribution >= 4 is 17.1 Å². The van der Waals surface area contributed by atoms with Crippen molar-refractivity contribution in [2.75, 3.05) is 13.7 Å². The molecule has 2 atom stereocenters. The fourth-order valence-corrected chi connectivity index (χ4v) is 6.07. The number of carbonyl (C=O) groups is 1. The van der Waals surface area contributed by atoms with Crippen LogP contribution in [0.3, 0.4) is 0 Å². The van der Waals surface area contributed by atoms with Crippen molar-refractivity contribution in [3.63, 3.8) is 0 Å². The standard InChI is InChI=1S/C29H29N3O4/c1-4-36-29(34)31-21-12-15-23(31)25-19(16-21)17-24-27(26(25)18-8-6-5-7-9-18)32(28(33)30(24)2)20-10-13-22(35-3)14-11-20/h5-11,13-14,17,21,23H,4,12,15-16H2,1-3H3/t21-,23+/m0/s1. The zero-order valence-electron chi connectivity index (χ0n) is 20.7. The van der Waals surface area contributed by atoms with E-state index in [9.17, 15) is 9.59 Å². The fraction of sp³-hybridized carbons (Fsp3) is 0.310. The lowest BCUT2D eigenvalue weighted by molar-refractivity contribution is 0.0840. The second-order valence-electron chi connectivity index (χ2n) is 9.49. The summed E-state index contributed by atoms with van der Waals surface area (Å²) in [5.74, 6) is 0.731. The van der Waals surface area contributed by atoms with Crippen molar-refractivity contribution in [2.24, 2.45) is 7.05 Å². The number of hydrogen-bond acceptors (Lipinski definition) is 4. The van der Waals surface area contributed by atoms with Gasteiger partial charge < -0.3 is 9.47 Å². The molecule has 2 aliphatic heterocycles. The van der Waals surface area contributed by atoms with Crippen LogP contribution in [0.1, 0.15) is 36.9 Å². The summed E-state index contributed by atoms with van der Waals surface area (Å²) in [6, 6.07) is 19.9. The van der Waals surface area contributed by atoms with Gasteiger partial charge in [-0.15, -0.1) is 0 Å². The molecule has 1 aromatic heterocycles. The van der Waals surface area contributed by atoms with Gasteiger partial charge in [0.15, 0.2) is 0 Å². The van der Waals surface area contributed by atoms with E-state index in [0.29, 0.717) is 6.61 Å². The molecule has 0 radical (unpaired) electrons. The molecule has 0 saturated carbocycles. The van der Waals surface area contributed by atoms with Gasteiger partial charge in [-0.2, -0.15) is 0 Å². The molecule has 0 N–H and O–H groups in total. The molecule has 1 fully saturated rings. The van der Waals surface area contributed by atoms with Gasteiger partial charge in [-0.25, -0.2) is 9.59 Å². The SMILES string of the molecule is CCOC(=O)N1[C@H]2CC[C@@H]1c1c(cc3c(c1-c1ccccc1)n(-c1ccc(OC)cc1)c(=O)n3C)C2. The maximum Gasteiger partial charge on any atom is 0.410 e. The third kappa shape index (κ3) is 3.26. The molecule has 36 heavy (non-hydrogen) atoms. The van der Waals surface area contributed by atoms with Gasteiger partial charge in [-0.1, -0.05) is 30.3 Å². The highest BCUT2D eigenvalue weighted by atomic mass is 16.6. The molecule has 3 aromatic carbocycles. The maximum atomic E-state index is 13.7. The molecule has 3 heterocycles. The van der Waals surface area contributed by atoms with Crippen LogP contribution in [0.25, 0.3) is 27.8 Å². The number of hydrogen-bond donors (Lipinski definition) is 0. The number of rotatable bonds is 4. The summed E-state index contributed by atoms with van der Waals surface area (Å²) < 4.78 is 14.3. The number of aryl methyl sites for hydroxylation is 1. The van der Waals surface area contributed by atoms with Gasteiger partial charge in [0.25, 0.3) is 0 Å². The number of imidazole rings is 1. The highest BCUT2D eigenvalue weighted by Gasteiger charge is 2.45. The van der Waals surface area contributed by atoms with Gasteiger partial charge in [-0.3, -0.25) is 14.0 Å². The van der Waals surface area contributed by atoms with Gasteiger partial charge in [0, 0.05) is 18.7 Å². The quantitative estimate of drug-likeness (QED) is 0.399. The van der Waals surface area contributed by atoms with E-state index in [1.54, 1.807) is 16.2 Å². The molecule has 6 rings (SSSR count). The smallest absolute Gasteiger partial charge is 0.410 e. The number of fused-ring (bicyclic) bond motifs is 5. The van der Waals surface area contributed by atoms with E-state index in [2.05, 4.69) is 18.2 Å². The highest BCUT2D eigenvalue weighted by molar-refractivity contribution is 5.97. The number of amides is 1. The first-order valence-electron chi connectivity index (χ1n) is 12.5. The summed E-state index contributed by atoms with van der Waals surface area (Å²) in [6.45, 7) is 2.19. The van der Waals surface area contributed by atoms with Crippen molar-refractivity contribution < 1.29 is 14.3 Å². The van der Waals surface area contributed by atoms with Crippen molar-refractivity contribution in [1.82, 2.24) is 14.0 Å². The Labute approximate surface area is 209 Å². The minimum Gasteiger partial charge on any atom is -0.497 e. The number of ether oxygens (including phenoxy) is 2. The lowest BCUT2D eigenvalue weighted by atomic mass is 9.85. The maximum absolute atomic E-state index is 13.7. The Balaban J connectivity index is 1.69. The van der Waals surface area contributed by atoms with Crippen molar-refractivity contribution in [3.8, 4) is 22.6 Å². The molecule has 0 spiro atoms. The third-order valence-corrected chi connectivity index (χ3v) is 7.63. The lowest BCUT2D eigenvalue weighted by Gasteiger charge is -2.37. The fourth-order valence-electron chi connectivity index (χ4n) is 6.07. The Morgan fingerprint density at radius 1 is 1.06 bits per heavy atom.